The quantitative estimate of drug-likeness (QED) is 0.779. The van der Waals surface area contributed by atoms with Gasteiger partial charge in [0.15, 0.2) is 0 Å². The standard InChI is InChI=1S/C20H25FN2O4/c1-4-27-19(24)16-11-22-17-13(2)9-14(21)10-15(17)18(16)23-12-20(25-3)5-7-26-8-6-20/h9-11H,4-8,12H2,1-3H3,(H,22,23). The summed E-state index contributed by atoms with van der Waals surface area (Å²) in [6, 6.07) is 2.82. The first-order valence-electron chi connectivity index (χ1n) is 9.12. The van der Waals surface area contributed by atoms with Gasteiger partial charge in [0.1, 0.15) is 11.4 Å². The molecular formula is C20H25FN2O4. The van der Waals surface area contributed by atoms with E-state index in [0.717, 1.165) is 12.8 Å². The summed E-state index contributed by atoms with van der Waals surface area (Å²) in [6.45, 7) is 5.48. The van der Waals surface area contributed by atoms with Gasteiger partial charge in [-0.25, -0.2) is 9.18 Å². The summed E-state index contributed by atoms with van der Waals surface area (Å²) in [7, 11) is 1.67. The van der Waals surface area contributed by atoms with Gasteiger partial charge in [0.2, 0.25) is 0 Å². The number of fused-ring (bicyclic) bond motifs is 1. The molecule has 2 heterocycles. The van der Waals surface area contributed by atoms with E-state index in [1.807, 2.05) is 0 Å². The molecule has 6 nitrogen and oxygen atoms in total. The third kappa shape index (κ3) is 4.04. The number of esters is 1. The number of carbonyl (C=O) groups excluding carboxylic acids is 1. The van der Waals surface area contributed by atoms with Gasteiger partial charge in [-0.3, -0.25) is 4.98 Å². The maximum Gasteiger partial charge on any atom is 0.341 e. The highest BCUT2D eigenvalue weighted by molar-refractivity contribution is 6.05. The SMILES string of the molecule is CCOC(=O)c1cnc2c(C)cc(F)cc2c1NCC1(OC)CCOCC1. The van der Waals surface area contributed by atoms with Gasteiger partial charge in [0, 0.05) is 51.3 Å². The molecule has 0 radical (unpaired) electrons. The van der Waals surface area contributed by atoms with Crippen molar-refractivity contribution >= 4 is 22.6 Å². The number of benzene rings is 1. The third-order valence-corrected chi connectivity index (χ3v) is 5.05. The van der Waals surface area contributed by atoms with Gasteiger partial charge in [0.25, 0.3) is 0 Å². The number of ether oxygens (including phenoxy) is 3. The first-order chi connectivity index (χ1) is 13.0. The Labute approximate surface area is 158 Å². The van der Waals surface area contributed by atoms with Crippen LogP contribution in [0.1, 0.15) is 35.7 Å². The van der Waals surface area contributed by atoms with Crippen LogP contribution in [0.25, 0.3) is 10.9 Å². The van der Waals surface area contributed by atoms with Gasteiger partial charge in [-0.2, -0.15) is 0 Å². The Morgan fingerprint density at radius 1 is 1.37 bits per heavy atom. The molecule has 1 aliphatic rings. The van der Waals surface area contributed by atoms with Gasteiger partial charge >= 0.3 is 5.97 Å². The lowest BCUT2D eigenvalue weighted by Gasteiger charge is -2.36. The molecule has 0 atom stereocenters. The third-order valence-electron chi connectivity index (χ3n) is 5.05. The first-order valence-corrected chi connectivity index (χ1v) is 9.12. The highest BCUT2D eigenvalue weighted by Crippen LogP contribution is 2.32. The van der Waals surface area contributed by atoms with Crippen molar-refractivity contribution in [2.24, 2.45) is 0 Å². The molecule has 0 spiro atoms. The van der Waals surface area contributed by atoms with E-state index in [0.29, 0.717) is 41.9 Å². The van der Waals surface area contributed by atoms with E-state index in [-0.39, 0.29) is 18.0 Å². The zero-order valence-corrected chi connectivity index (χ0v) is 15.9. The molecule has 1 aromatic heterocycles. The predicted octanol–water partition coefficient (Wildman–Crippen LogP) is 3.47. The van der Waals surface area contributed by atoms with E-state index in [4.69, 9.17) is 14.2 Å². The van der Waals surface area contributed by atoms with E-state index in [9.17, 15) is 9.18 Å². The maximum absolute atomic E-state index is 14.1. The summed E-state index contributed by atoms with van der Waals surface area (Å²) in [6.07, 6.45) is 2.96. The number of carbonyl (C=O) groups is 1. The second-order valence-corrected chi connectivity index (χ2v) is 6.74. The van der Waals surface area contributed by atoms with E-state index in [1.165, 1.54) is 18.3 Å². The van der Waals surface area contributed by atoms with Crippen LogP contribution in [-0.4, -0.2) is 50.0 Å². The molecule has 1 aromatic carbocycles. The summed E-state index contributed by atoms with van der Waals surface area (Å²) in [5.41, 5.74) is 1.75. The van der Waals surface area contributed by atoms with Gasteiger partial charge < -0.3 is 19.5 Å². The number of aryl methyl sites for hydroxylation is 1. The number of halogens is 1. The average Bonchev–Trinajstić information content (AvgIpc) is 2.67. The van der Waals surface area contributed by atoms with E-state index in [1.54, 1.807) is 21.0 Å². The van der Waals surface area contributed by atoms with Crippen LogP contribution in [0.15, 0.2) is 18.3 Å². The zero-order valence-electron chi connectivity index (χ0n) is 15.9. The lowest BCUT2D eigenvalue weighted by molar-refractivity contribution is -0.0807. The monoisotopic (exact) mass is 376 g/mol. The number of methoxy groups -OCH3 is 1. The van der Waals surface area contributed by atoms with E-state index < -0.39 is 11.6 Å². The number of hydrogen-bond donors (Lipinski definition) is 1. The van der Waals surface area contributed by atoms with Crippen molar-refractivity contribution in [2.75, 3.05) is 38.8 Å². The Hall–Kier alpha value is -2.25. The molecule has 0 saturated carbocycles. The van der Waals surface area contributed by atoms with Crippen LogP contribution < -0.4 is 5.32 Å². The van der Waals surface area contributed by atoms with Crippen molar-refractivity contribution in [3.8, 4) is 0 Å². The summed E-state index contributed by atoms with van der Waals surface area (Å²) in [4.78, 5) is 16.8. The number of aromatic nitrogens is 1. The van der Waals surface area contributed by atoms with Crippen molar-refractivity contribution in [3.63, 3.8) is 0 Å². The normalized spacial score (nSPS) is 16.3. The molecule has 0 aliphatic carbocycles. The average molecular weight is 376 g/mol. The first kappa shape index (κ1) is 19.5. The van der Waals surface area contributed by atoms with E-state index in [2.05, 4.69) is 10.3 Å². The number of pyridine rings is 1. The summed E-state index contributed by atoms with van der Waals surface area (Å²) in [5, 5.41) is 3.88. The molecule has 146 valence electrons. The molecule has 0 amide bonds. The fraction of sp³-hybridized carbons (Fsp3) is 0.500. The Balaban J connectivity index is 2.04. The lowest BCUT2D eigenvalue weighted by atomic mass is 9.93. The van der Waals surface area contributed by atoms with Gasteiger partial charge in [0.05, 0.1) is 23.4 Å². The van der Waals surface area contributed by atoms with Crippen LogP contribution >= 0.6 is 0 Å². The van der Waals surface area contributed by atoms with Crippen LogP contribution in [0.2, 0.25) is 0 Å². The topological polar surface area (TPSA) is 69.7 Å². The molecule has 27 heavy (non-hydrogen) atoms. The maximum atomic E-state index is 14.1. The molecule has 1 fully saturated rings. The fourth-order valence-electron chi connectivity index (χ4n) is 3.44. The van der Waals surface area contributed by atoms with Gasteiger partial charge in [-0.15, -0.1) is 0 Å². The molecule has 1 saturated heterocycles. The largest absolute Gasteiger partial charge is 0.462 e. The Bertz CT molecular complexity index is 834. The number of hydrogen-bond acceptors (Lipinski definition) is 6. The minimum atomic E-state index is -0.491. The molecule has 0 unspecified atom stereocenters. The molecule has 2 aromatic rings. The highest BCUT2D eigenvalue weighted by atomic mass is 19.1. The molecule has 7 heteroatoms. The van der Waals surface area contributed by atoms with Crippen molar-refractivity contribution in [2.45, 2.75) is 32.3 Å². The van der Waals surface area contributed by atoms with Crippen molar-refractivity contribution in [1.29, 1.82) is 0 Å². The molecule has 1 N–H and O–H groups in total. The number of rotatable bonds is 6. The summed E-state index contributed by atoms with van der Waals surface area (Å²) in [5.74, 6) is -0.867. The van der Waals surface area contributed by atoms with E-state index >= 15 is 0 Å². The van der Waals surface area contributed by atoms with Gasteiger partial charge in [-0.1, -0.05) is 0 Å². The molecule has 0 bridgehead atoms. The highest BCUT2D eigenvalue weighted by Gasteiger charge is 2.33. The van der Waals surface area contributed by atoms with Crippen molar-refractivity contribution in [3.05, 3.63) is 35.3 Å². The number of anilines is 1. The van der Waals surface area contributed by atoms with Crippen molar-refractivity contribution in [1.82, 2.24) is 4.98 Å². The second kappa shape index (κ2) is 8.19. The Morgan fingerprint density at radius 2 is 2.11 bits per heavy atom. The lowest BCUT2D eigenvalue weighted by Crippen LogP contribution is -2.44. The van der Waals surface area contributed by atoms with Crippen LogP contribution in [0.5, 0.6) is 0 Å². The van der Waals surface area contributed by atoms with Crippen molar-refractivity contribution < 1.29 is 23.4 Å². The minimum absolute atomic E-state index is 0.248. The number of nitrogens with zero attached hydrogens (tertiary/aromatic N) is 1. The Kier molecular flexibility index (Phi) is 5.92. The zero-order chi connectivity index (χ0) is 19.4. The predicted molar refractivity (Wildman–Crippen MR) is 101 cm³/mol. The van der Waals surface area contributed by atoms with Crippen LogP contribution in [0, 0.1) is 12.7 Å². The van der Waals surface area contributed by atoms with Gasteiger partial charge in [-0.05, 0) is 31.5 Å². The molecular weight excluding hydrogens is 351 g/mol. The van der Waals surface area contributed by atoms with Crippen LogP contribution in [0.3, 0.4) is 0 Å². The molecule has 1 aliphatic heterocycles. The van der Waals surface area contributed by atoms with Crippen LogP contribution in [0.4, 0.5) is 10.1 Å². The summed E-state index contributed by atoms with van der Waals surface area (Å²) < 4.78 is 30.4. The van der Waals surface area contributed by atoms with Crippen LogP contribution in [-0.2, 0) is 14.2 Å². The Morgan fingerprint density at radius 3 is 2.78 bits per heavy atom. The number of nitrogens with one attached hydrogen (secondary N) is 1. The summed E-state index contributed by atoms with van der Waals surface area (Å²) >= 11 is 0. The second-order valence-electron chi connectivity index (χ2n) is 6.74. The smallest absolute Gasteiger partial charge is 0.341 e. The fourth-order valence-corrected chi connectivity index (χ4v) is 3.44. The molecule has 3 rings (SSSR count). The minimum Gasteiger partial charge on any atom is -0.462 e.